The van der Waals surface area contributed by atoms with Gasteiger partial charge in [-0.1, -0.05) is 150 Å². The normalized spacial score (nSPS) is 26.7. The summed E-state index contributed by atoms with van der Waals surface area (Å²) in [4.78, 5) is 8.35. The van der Waals surface area contributed by atoms with E-state index < -0.39 is 0 Å². The fourth-order valence-electron chi connectivity index (χ4n) is 20.5. The summed E-state index contributed by atoms with van der Waals surface area (Å²) in [6.07, 6.45) is 14.7. The predicted octanol–water partition coefficient (Wildman–Crippen LogP) is 22.7. The second-order valence-electron chi connectivity index (χ2n) is 29.1. The van der Waals surface area contributed by atoms with Gasteiger partial charge in [-0.15, -0.1) is 0 Å². The molecule has 3 nitrogen and oxygen atoms in total. The summed E-state index contributed by atoms with van der Waals surface area (Å²) in [5.74, 6) is 0. The van der Waals surface area contributed by atoms with Crippen LogP contribution in [0.15, 0.2) is 152 Å². The summed E-state index contributed by atoms with van der Waals surface area (Å²) < 4.78 is 0. The van der Waals surface area contributed by atoms with Crippen molar-refractivity contribution in [3.63, 3.8) is 0 Å². The number of nitrogens with zero attached hydrogens (tertiary/aromatic N) is 3. The van der Waals surface area contributed by atoms with E-state index in [0.717, 1.165) is 0 Å². The number of benzene rings is 10. The molecule has 0 saturated heterocycles. The minimum absolute atomic E-state index is 0.00108. The van der Waals surface area contributed by atoms with Gasteiger partial charge in [-0.2, -0.15) is 0 Å². The van der Waals surface area contributed by atoms with Gasteiger partial charge < -0.3 is 14.7 Å². The second-order valence-corrected chi connectivity index (χ2v) is 29.1. The Morgan fingerprint density at radius 2 is 0.600 bits per heavy atom. The van der Waals surface area contributed by atoms with Crippen molar-refractivity contribution in [1.82, 2.24) is 0 Å². The molecule has 428 valence electrons. The molecule has 3 aliphatic carbocycles. The molecule has 6 atom stereocenters. The molecule has 3 heteroatoms. The van der Waals surface area contributed by atoms with Crippen LogP contribution < -0.4 is 14.7 Å². The highest BCUT2D eigenvalue weighted by atomic mass is 15.3. The lowest BCUT2D eigenvalue weighted by atomic mass is 9.60. The SMILES string of the molecule is Cc1cc(-c2ccc3ccc4c(-c5cc(C)c6c(c5C)C5(C)CCCCC5(C)N6c5ccccc5)cc(-c5cc(C)c6c(c5C)C5(C)CCCCC5(C)N6c5ccccc5)c5ccc2c3c45)c(C)c2c1N(c1ccccc1)C1(C)CCCCC21C. The highest BCUT2D eigenvalue weighted by molar-refractivity contribution is 6.30. The summed E-state index contributed by atoms with van der Waals surface area (Å²) >= 11 is 0. The zero-order chi connectivity index (χ0) is 58.5. The molecule has 85 heavy (non-hydrogen) atoms. The van der Waals surface area contributed by atoms with Crippen molar-refractivity contribution in [3.05, 3.63) is 202 Å². The second kappa shape index (κ2) is 18.1. The number of anilines is 6. The van der Waals surface area contributed by atoms with Crippen LogP contribution in [0.5, 0.6) is 0 Å². The Balaban J connectivity index is 0.986. The first-order chi connectivity index (χ1) is 40.9. The third-order valence-corrected chi connectivity index (χ3v) is 25.1. The molecule has 0 radical (unpaired) electrons. The monoisotopic (exact) mass is 1110 g/mol. The molecule has 3 saturated carbocycles. The van der Waals surface area contributed by atoms with Crippen LogP contribution in [-0.2, 0) is 16.2 Å². The first kappa shape index (κ1) is 53.1. The third-order valence-electron chi connectivity index (χ3n) is 25.1. The van der Waals surface area contributed by atoms with Gasteiger partial charge in [-0.25, -0.2) is 0 Å². The van der Waals surface area contributed by atoms with E-state index >= 15 is 0 Å². The zero-order valence-corrected chi connectivity index (χ0v) is 52.8. The van der Waals surface area contributed by atoms with Crippen LogP contribution in [0.1, 0.15) is 169 Å². The maximum absolute atomic E-state index is 2.79. The van der Waals surface area contributed by atoms with Crippen LogP contribution in [0.25, 0.3) is 65.7 Å². The molecular weight excluding hydrogens is 1030 g/mol. The van der Waals surface area contributed by atoms with Crippen molar-refractivity contribution >= 4 is 66.4 Å². The van der Waals surface area contributed by atoms with Crippen LogP contribution in [0.4, 0.5) is 34.1 Å². The summed E-state index contributed by atoms with van der Waals surface area (Å²) in [6, 6.07) is 59.5. The molecule has 0 bridgehead atoms. The smallest absolute Gasteiger partial charge is 0.0518 e. The van der Waals surface area contributed by atoms with Crippen LogP contribution in [0.3, 0.4) is 0 Å². The van der Waals surface area contributed by atoms with E-state index in [0.29, 0.717) is 0 Å². The van der Waals surface area contributed by atoms with Gasteiger partial charge in [0.1, 0.15) is 0 Å². The Hall–Kier alpha value is -7.36. The van der Waals surface area contributed by atoms with Crippen molar-refractivity contribution < 1.29 is 0 Å². The zero-order valence-electron chi connectivity index (χ0n) is 52.8. The van der Waals surface area contributed by atoms with Gasteiger partial charge in [0.2, 0.25) is 0 Å². The van der Waals surface area contributed by atoms with Crippen LogP contribution in [-0.4, -0.2) is 16.6 Å². The molecule has 0 aromatic heterocycles. The lowest BCUT2D eigenvalue weighted by Gasteiger charge is -2.50. The molecule has 10 aromatic carbocycles. The highest BCUT2D eigenvalue weighted by Gasteiger charge is 2.62. The lowest BCUT2D eigenvalue weighted by molar-refractivity contribution is 0.194. The standard InChI is InChI=1S/C82H85N3/c1-50-46-64(53(4)71-74(50)83(57-28-16-13-17-29-57)80(10)43-25-22-40-77(71,80)7)60-36-34-56-35-37-62-67(65-47-51(2)75-72(54(65)5)78(8)41-23-26-44-81(78,11)84(75)58-30-18-14-19-31-58)49-68(63-39-38-61(60)69(56)70(62)63)66-48-52(3)76-73(55(66)6)79(9)42-24-27-45-82(79,12)85(76)59-32-20-15-21-33-59/h13-21,28-39,46-49H,22-27,40-45H2,1-12H3. The number of hydrogen-bond acceptors (Lipinski definition) is 3. The molecule has 0 spiro atoms. The summed E-state index contributed by atoms with van der Waals surface area (Å²) in [7, 11) is 0. The number of para-hydroxylation sites is 3. The van der Waals surface area contributed by atoms with E-state index in [2.05, 4.69) is 249 Å². The van der Waals surface area contributed by atoms with Gasteiger partial charge in [-0.05, 0) is 277 Å². The van der Waals surface area contributed by atoms with E-state index in [1.54, 1.807) is 16.7 Å². The summed E-state index contributed by atoms with van der Waals surface area (Å²) in [6.45, 7) is 30.4. The van der Waals surface area contributed by atoms with Gasteiger partial charge in [0, 0.05) is 50.4 Å². The molecule has 3 fully saturated rings. The van der Waals surface area contributed by atoms with Crippen LogP contribution >= 0.6 is 0 Å². The first-order valence-electron chi connectivity index (χ1n) is 32.7. The molecule has 3 aliphatic heterocycles. The van der Waals surface area contributed by atoms with Crippen molar-refractivity contribution in [3.8, 4) is 33.4 Å². The fourth-order valence-corrected chi connectivity index (χ4v) is 20.5. The van der Waals surface area contributed by atoms with Gasteiger partial charge >= 0.3 is 0 Å². The quantitative estimate of drug-likeness (QED) is 0.154. The Morgan fingerprint density at radius 3 is 0.965 bits per heavy atom. The predicted molar refractivity (Wildman–Crippen MR) is 363 cm³/mol. The number of aryl methyl sites for hydroxylation is 3. The van der Waals surface area contributed by atoms with Crippen molar-refractivity contribution in [2.45, 2.75) is 193 Å². The van der Waals surface area contributed by atoms with Crippen LogP contribution in [0, 0.1) is 41.5 Å². The van der Waals surface area contributed by atoms with E-state index in [1.807, 2.05) is 0 Å². The number of fused-ring (bicyclic) bond motifs is 9. The Morgan fingerprint density at radius 1 is 0.294 bits per heavy atom. The molecular formula is C82H85N3. The van der Waals surface area contributed by atoms with Crippen LogP contribution in [0.2, 0.25) is 0 Å². The Labute approximate surface area is 506 Å². The van der Waals surface area contributed by atoms with E-state index in [1.165, 1.54) is 210 Å². The Bertz CT molecular complexity index is 4280. The average Bonchev–Trinajstić information content (AvgIpc) is 1.65. The topological polar surface area (TPSA) is 9.72 Å². The largest absolute Gasteiger partial charge is 0.334 e. The van der Waals surface area contributed by atoms with Crippen molar-refractivity contribution in [1.29, 1.82) is 0 Å². The fraction of sp³-hybridized carbons (Fsp3) is 0.366. The maximum atomic E-state index is 2.79. The summed E-state index contributed by atoms with van der Waals surface area (Å²) in [5, 5.41) is 8.17. The van der Waals surface area contributed by atoms with Gasteiger partial charge in [0.05, 0.1) is 16.6 Å². The maximum Gasteiger partial charge on any atom is 0.0518 e. The lowest BCUT2D eigenvalue weighted by Crippen LogP contribution is -2.54. The van der Waals surface area contributed by atoms with Gasteiger partial charge in [-0.3, -0.25) is 0 Å². The third kappa shape index (κ3) is 6.64. The molecule has 10 aromatic rings. The minimum Gasteiger partial charge on any atom is -0.334 e. The van der Waals surface area contributed by atoms with Crippen molar-refractivity contribution in [2.75, 3.05) is 14.7 Å². The van der Waals surface area contributed by atoms with E-state index in [4.69, 9.17) is 0 Å². The van der Waals surface area contributed by atoms with Gasteiger partial charge in [0.25, 0.3) is 0 Å². The van der Waals surface area contributed by atoms with Gasteiger partial charge in [0.15, 0.2) is 0 Å². The molecule has 0 amide bonds. The minimum atomic E-state index is -0.0510. The number of rotatable bonds is 6. The highest BCUT2D eigenvalue weighted by Crippen LogP contribution is 2.67. The molecule has 0 N–H and O–H groups in total. The molecule has 6 unspecified atom stereocenters. The van der Waals surface area contributed by atoms with Crippen molar-refractivity contribution in [2.24, 2.45) is 0 Å². The van der Waals surface area contributed by atoms with E-state index in [-0.39, 0.29) is 32.9 Å². The summed E-state index contributed by atoms with van der Waals surface area (Å²) in [5.41, 5.74) is 29.4. The number of hydrogen-bond donors (Lipinski definition) is 0. The van der Waals surface area contributed by atoms with E-state index in [9.17, 15) is 0 Å². The molecule has 3 heterocycles. The molecule has 16 rings (SSSR count). The first-order valence-corrected chi connectivity index (χ1v) is 32.7. The average molecular weight is 1110 g/mol. The Kier molecular flexibility index (Phi) is 11.3. The molecule has 6 aliphatic rings.